The standard InChI is InChI=1S/C11H20N2O4/c1-11(2,3)17-12-9(14)16-10(15)13-7-5-4-6-8-13/h4-8H2,1-3H3,(H,12,14). The summed E-state index contributed by atoms with van der Waals surface area (Å²) in [6, 6.07) is 0. The average molecular weight is 244 g/mol. The van der Waals surface area contributed by atoms with Gasteiger partial charge in [-0.05, 0) is 40.0 Å². The van der Waals surface area contributed by atoms with Gasteiger partial charge >= 0.3 is 12.2 Å². The lowest BCUT2D eigenvalue weighted by atomic mass is 10.1. The van der Waals surface area contributed by atoms with Gasteiger partial charge in [0.2, 0.25) is 0 Å². The molecule has 0 aromatic rings. The minimum atomic E-state index is -0.879. The molecule has 1 aliphatic heterocycles. The lowest BCUT2D eigenvalue weighted by Gasteiger charge is -2.25. The number of hydroxylamine groups is 1. The number of carbonyl (C=O) groups is 2. The Morgan fingerprint density at radius 2 is 1.71 bits per heavy atom. The lowest BCUT2D eigenvalue weighted by Crippen LogP contribution is -2.41. The van der Waals surface area contributed by atoms with E-state index in [4.69, 9.17) is 4.84 Å². The number of ether oxygens (including phenoxy) is 1. The van der Waals surface area contributed by atoms with Crippen molar-refractivity contribution in [2.24, 2.45) is 0 Å². The summed E-state index contributed by atoms with van der Waals surface area (Å²) < 4.78 is 4.60. The molecule has 0 saturated carbocycles. The monoisotopic (exact) mass is 244 g/mol. The first-order chi connectivity index (χ1) is 7.88. The van der Waals surface area contributed by atoms with Gasteiger partial charge in [-0.25, -0.2) is 9.59 Å². The van der Waals surface area contributed by atoms with Crippen LogP contribution in [-0.2, 0) is 9.57 Å². The molecule has 1 aliphatic rings. The van der Waals surface area contributed by atoms with Gasteiger partial charge in [-0.15, -0.1) is 0 Å². The van der Waals surface area contributed by atoms with Crippen LogP contribution in [0.3, 0.4) is 0 Å². The molecule has 0 unspecified atom stereocenters. The molecule has 0 bridgehead atoms. The third-order valence-corrected chi connectivity index (χ3v) is 2.23. The van der Waals surface area contributed by atoms with E-state index in [0.717, 1.165) is 19.3 Å². The van der Waals surface area contributed by atoms with Crippen molar-refractivity contribution in [2.45, 2.75) is 45.6 Å². The zero-order valence-corrected chi connectivity index (χ0v) is 10.6. The van der Waals surface area contributed by atoms with Gasteiger partial charge in [0, 0.05) is 13.1 Å². The van der Waals surface area contributed by atoms with Gasteiger partial charge in [0.15, 0.2) is 0 Å². The van der Waals surface area contributed by atoms with Crippen LogP contribution in [0.1, 0.15) is 40.0 Å². The summed E-state index contributed by atoms with van der Waals surface area (Å²) >= 11 is 0. The molecular weight excluding hydrogens is 224 g/mol. The highest BCUT2D eigenvalue weighted by Crippen LogP contribution is 2.10. The fraction of sp³-hybridized carbons (Fsp3) is 0.818. The molecular formula is C11H20N2O4. The molecule has 1 fully saturated rings. The summed E-state index contributed by atoms with van der Waals surface area (Å²) in [7, 11) is 0. The van der Waals surface area contributed by atoms with Gasteiger partial charge in [0.25, 0.3) is 0 Å². The van der Waals surface area contributed by atoms with Crippen LogP contribution in [0.15, 0.2) is 0 Å². The third-order valence-electron chi connectivity index (χ3n) is 2.23. The second kappa shape index (κ2) is 5.86. The molecule has 0 aliphatic carbocycles. The summed E-state index contributed by atoms with van der Waals surface area (Å²) in [5.74, 6) is 0. The van der Waals surface area contributed by atoms with E-state index in [9.17, 15) is 9.59 Å². The van der Waals surface area contributed by atoms with Crippen molar-refractivity contribution in [2.75, 3.05) is 13.1 Å². The number of carbonyl (C=O) groups excluding carboxylic acids is 2. The van der Waals surface area contributed by atoms with Crippen LogP contribution >= 0.6 is 0 Å². The third kappa shape index (κ3) is 5.53. The Bertz CT molecular complexity index is 280. The number of likely N-dealkylation sites (tertiary alicyclic amines) is 1. The van der Waals surface area contributed by atoms with E-state index in [1.54, 1.807) is 20.8 Å². The Kier molecular flexibility index (Phi) is 4.74. The lowest BCUT2D eigenvalue weighted by molar-refractivity contribution is -0.0633. The summed E-state index contributed by atoms with van der Waals surface area (Å²) in [6.07, 6.45) is 1.53. The van der Waals surface area contributed by atoms with Crippen LogP contribution in [0.5, 0.6) is 0 Å². The zero-order valence-electron chi connectivity index (χ0n) is 10.6. The van der Waals surface area contributed by atoms with Crippen molar-refractivity contribution < 1.29 is 19.2 Å². The second-order valence-electron chi connectivity index (χ2n) is 5.02. The van der Waals surface area contributed by atoms with Crippen LogP contribution in [0.2, 0.25) is 0 Å². The quantitative estimate of drug-likeness (QED) is 0.566. The summed E-state index contributed by atoms with van der Waals surface area (Å²) in [4.78, 5) is 29.3. The topological polar surface area (TPSA) is 67.9 Å². The first-order valence-corrected chi connectivity index (χ1v) is 5.83. The Morgan fingerprint density at radius 3 is 2.24 bits per heavy atom. The fourth-order valence-electron chi connectivity index (χ4n) is 1.44. The number of hydrogen-bond donors (Lipinski definition) is 1. The highest BCUT2D eigenvalue weighted by molar-refractivity contribution is 5.83. The second-order valence-corrected chi connectivity index (χ2v) is 5.02. The Labute approximate surface area is 101 Å². The van der Waals surface area contributed by atoms with E-state index >= 15 is 0 Å². The summed E-state index contributed by atoms with van der Waals surface area (Å²) in [5.41, 5.74) is 1.56. The number of nitrogens with one attached hydrogen (secondary N) is 1. The number of amides is 2. The van der Waals surface area contributed by atoms with E-state index in [0.29, 0.717) is 13.1 Å². The first-order valence-electron chi connectivity index (χ1n) is 5.83. The zero-order chi connectivity index (χ0) is 12.9. The Morgan fingerprint density at radius 1 is 1.12 bits per heavy atom. The van der Waals surface area contributed by atoms with Crippen LogP contribution < -0.4 is 5.48 Å². The van der Waals surface area contributed by atoms with Gasteiger partial charge in [0.1, 0.15) is 0 Å². The van der Waals surface area contributed by atoms with Crippen molar-refractivity contribution in [3.63, 3.8) is 0 Å². The van der Waals surface area contributed by atoms with E-state index in [2.05, 4.69) is 10.2 Å². The molecule has 0 radical (unpaired) electrons. The Balaban J connectivity index is 2.27. The van der Waals surface area contributed by atoms with Gasteiger partial charge in [-0.1, -0.05) is 0 Å². The molecule has 2 amide bonds. The maximum Gasteiger partial charge on any atom is 0.440 e. The van der Waals surface area contributed by atoms with Gasteiger partial charge in [-0.3, -0.25) is 4.84 Å². The molecule has 6 nitrogen and oxygen atoms in total. The first kappa shape index (κ1) is 13.8. The predicted molar refractivity (Wildman–Crippen MR) is 61.3 cm³/mol. The molecule has 98 valence electrons. The van der Waals surface area contributed by atoms with E-state index < -0.39 is 17.8 Å². The SMILES string of the molecule is CC(C)(C)ONC(=O)OC(=O)N1CCCCC1. The van der Waals surface area contributed by atoms with Crippen LogP contribution in [0, 0.1) is 0 Å². The normalized spacial score (nSPS) is 16.5. The maximum absolute atomic E-state index is 11.5. The van der Waals surface area contributed by atoms with Crippen molar-refractivity contribution in [1.82, 2.24) is 10.4 Å². The highest BCUT2D eigenvalue weighted by Gasteiger charge is 2.21. The molecule has 1 heterocycles. The minimum absolute atomic E-state index is 0.521. The largest absolute Gasteiger partial charge is 0.440 e. The molecule has 0 spiro atoms. The van der Waals surface area contributed by atoms with Crippen molar-refractivity contribution in [3.05, 3.63) is 0 Å². The smallest absolute Gasteiger partial charge is 0.358 e. The summed E-state index contributed by atoms with van der Waals surface area (Å²) in [6.45, 7) is 6.62. The molecule has 1 N–H and O–H groups in total. The molecule has 1 saturated heterocycles. The van der Waals surface area contributed by atoms with E-state index in [1.165, 1.54) is 4.90 Å². The number of rotatable bonds is 1. The Hall–Kier alpha value is -1.30. The average Bonchev–Trinajstić information content (AvgIpc) is 2.27. The molecule has 0 aromatic heterocycles. The molecule has 1 rings (SSSR count). The van der Waals surface area contributed by atoms with Gasteiger partial charge < -0.3 is 9.64 Å². The van der Waals surface area contributed by atoms with Crippen LogP contribution in [0.4, 0.5) is 9.59 Å². The number of hydrogen-bond acceptors (Lipinski definition) is 4. The number of nitrogens with zero attached hydrogens (tertiary/aromatic N) is 1. The maximum atomic E-state index is 11.5. The van der Waals surface area contributed by atoms with Gasteiger partial charge in [-0.2, -0.15) is 5.48 Å². The van der Waals surface area contributed by atoms with E-state index in [1.807, 2.05) is 0 Å². The van der Waals surface area contributed by atoms with Crippen molar-refractivity contribution >= 4 is 12.2 Å². The molecule has 0 atom stereocenters. The summed E-state index contributed by atoms with van der Waals surface area (Å²) in [5, 5.41) is 0. The van der Waals surface area contributed by atoms with Crippen LogP contribution in [-0.4, -0.2) is 35.8 Å². The number of piperidine rings is 1. The highest BCUT2D eigenvalue weighted by atomic mass is 16.7. The predicted octanol–water partition coefficient (Wildman–Crippen LogP) is 2.05. The van der Waals surface area contributed by atoms with Crippen LogP contribution in [0.25, 0.3) is 0 Å². The van der Waals surface area contributed by atoms with E-state index in [-0.39, 0.29) is 0 Å². The van der Waals surface area contributed by atoms with Crippen molar-refractivity contribution in [3.8, 4) is 0 Å². The molecule has 17 heavy (non-hydrogen) atoms. The van der Waals surface area contributed by atoms with Gasteiger partial charge in [0.05, 0.1) is 5.60 Å². The molecule has 0 aromatic carbocycles. The fourth-order valence-corrected chi connectivity index (χ4v) is 1.44. The minimum Gasteiger partial charge on any atom is -0.358 e. The van der Waals surface area contributed by atoms with Crippen molar-refractivity contribution in [1.29, 1.82) is 0 Å². The molecule has 6 heteroatoms.